The lowest BCUT2D eigenvalue weighted by Crippen LogP contribution is -2.45. The molecule has 0 bridgehead atoms. The van der Waals surface area contributed by atoms with E-state index in [1.54, 1.807) is 13.8 Å². The summed E-state index contributed by atoms with van der Waals surface area (Å²) in [6.07, 6.45) is 0.0934. The van der Waals surface area contributed by atoms with E-state index in [-0.39, 0.29) is 24.8 Å². The summed E-state index contributed by atoms with van der Waals surface area (Å²) in [6.45, 7) is 12.4. The molecule has 34 heavy (non-hydrogen) atoms. The Kier molecular flexibility index (Phi) is 8.97. The fraction of sp³-hybridized carbons (Fsp3) is 0.917. The Morgan fingerprint density at radius 1 is 0.706 bits per heavy atom. The molecule has 3 aliphatic rings. The van der Waals surface area contributed by atoms with Gasteiger partial charge in [-0.05, 0) is 41.0 Å². The topological polar surface area (TPSA) is 108 Å². The van der Waals surface area contributed by atoms with E-state index in [0.717, 1.165) is 0 Å². The third-order valence-electron chi connectivity index (χ3n) is 6.55. The summed E-state index contributed by atoms with van der Waals surface area (Å²) < 4.78 is 47.1. The highest BCUT2D eigenvalue weighted by atomic mass is 16.8. The number of carbonyl (C=O) groups excluding carboxylic acids is 2. The monoisotopic (exact) mass is 488 g/mol. The highest BCUT2D eigenvalue weighted by molar-refractivity contribution is 5.69. The third-order valence-corrected chi connectivity index (χ3v) is 6.55. The van der Waals surface area contributed by atoms with Crippen LogP contribution in [0.3, 0.4) is 0 Å². The molecule has 10 nitrogen and oxygen atoms in total. The number of ether oxygens (including phenoxy) is 8. The van der Waals surface area contributed by atoms with Crippen LogP contribution in [0.1, 0.15) is 73.6 Å². The Balaban J connectivity index is 1.63. The van der Waals surface area contributed by atoms with Crippen LogP contribution in [-0.2, 0) is 47.5 Å². The van der Waals surface area contributed by atoms with Gasteiger partial charge in [-0.2, -0.15) is 0 Å². The summed E-state index contributed by atoms with van der Waals surface area (Å²) in [6, 6.07) is 0. The van der Waals surface area contributed by atoms with Gasteiger partial charge in [-0.1, -0.05) is 6.92 Å². The number of hydrogen-bond acceptors (Lipinski definition) is 10. The lowest BCUT2D eigenvalue weighted by atomic mass is 10.0. The molecule has 0 N–H and O–H groups in total. The van der Waals surface area contributed by atoms with Crippen molar-refractivity contribution >= 4 is 11.9 Å². The largest absolute Gasteiger partial charge is 0.466 e. The van der Waals surface area contributed by atoms with E-state index in [9.17, 15) is 9.59 Å². The second-order valence-corrected chi connectivity index (χ2v) is 9.46. The molecular weight excluding hydrogens is 448 g/mol. The van der Waals surface area contributed by atoms with Crippen molar-refractivity contribution in [2.45, 2.75) is 115 Å². The number of rotatable bonds is 11. The van der Waals surface area contributed by atoms with Crippen LogP contribution in [0.5, 0.6) is 0 Å². The fourth-order valence-corrected chi connectivity index (χ4v) is 4.48. The summed E-state index contributed by atoms with van der Waals surface area (Å²) >= 11 is 0. The Morgan fingerprint density at radius 3 is 1.47 bits per heavy atom. The van der Waals surface area contributed by atoms with Gasteiger partial charge in [-0.3, -0.25) is 9.59 Å². The normalized spacial score (nSPS) is 39.9. The van der Waals surface area contributed by atoms with Gasteiger partial charge in [0.05, 0.1) is 39.3 Å². The highest BCUT2D eigenvalue weighted by Gasteiger charge is 2.56. The Morgan fingerprint density at radius 2 is 1.12 bits per heavy atom. The summed E-state index contributed by atoms with van der Waals surface area (Å²) in [5, 5.41) is 0. The van der Waals surface area contributed by atoms with Crippen LogP contribution in [0.15, 0.2) is 0 Å². The van der Waals surface area contributed by atoms with Crippen LogP contribution in [0.25, 0.3) is 0 Å². The van der Waals surface area contributed by atoms with E-state index in [0.29, 0.717) is 45.7 Å². The van der Waals surface area contributed by atoms with E-state index in [1.807, 2.05) is 27.7 Å². The molecular formula is C24H40O10. The standard InChI is InChI=1S/C24H40O10/c1-7-22(4)33-20(16-14-29-23(5,31-16)12-10-18(25)27-8-2)21(34-22)17-15-30-24(6,32-17)13-11-19(26)28-9-3/h16-17,20-21H,7-15H2,1-6H3. The van der Waals surface area contributed by atoms with Gasteiger partial charge in [0.1, 0.15) is 24.4 Å². The maximum atomic E-state index is 11.8. The molecule has 0 aromatic heterocycles. The Hall–Kier alpha value is -1.30. The molecule has 0 spiro atoms. The molecule has 10 heteroatoms. The molecule has 6 atom stereocenters. The Bertz CT molecular complexity index is 660. The molecule has 3 aliphatic heterocycles. The van der Waals surface area contributed by atoms with Crippen LogP contribution in [-0.4, -0.2) is 80.1 Å². The second-order valence-electron chi connectivity index (χ2n) is 9.46. The van der Waals surface area contributed by atoms with Crippen LogP contribution in [0, 0.1) is 0 Å². The molecule has 196 valence electrons. The van der Waals surface area contributed by atoms with Gasteiger partial charge >= 0.3 is 11.9 Å². The van der Waals surface area contributed by atoms with E-state index in [2.05, 4.69) is 0 Å². The second kappa shape index (κ2) is 11.2. The van der Waals surface area contributed by atoms with Crippen molar-refractivity contribution in [3.8, 4) is 0 Å². The van der Waals surface area contributed by atoms with Crippen LogP contribution in [0.2, 0.25) is 0 Å². The van der Waals surface area contributed by atoms with Gasteiger partial charge < -0.3 is 37.9 Å². The molecule has 0 aromatic rings. The van der Waals surface area contributed by atoms with E-state index in [1.165, 1.54) is 0 Å². The third kappa shape index (κ3) is 6.67. The first-order valence-corrected chi connectivity index (χ1v) is 12.3. The van der Waals surface area contributed by atoms with Gasteiger partial charge in [-0.15, -0.1) is 0 Å². The lowest BCUT2D eigenvalue weighted by molar-refractivity contribution is -0.195. The van der Waals surface area contributed by atoms with Gasteiger partial charge in [0, 0.05) is 12.8 Å². The first-order valence-electron chi connectivity index (χ1n) is 12.3. The van der Waals surface area contributed by atoms with E-state index < -0.39 is 41.8 Å². The molecule has 3 heterocycles. The van der Waals surface area contributed by atoms with Gasteiger partial charge in [0.15, 0.2) is 17.4 Å². The lowest BCUT2D eigenvalue weighted by Gasteiger charge is -2.28. The van der Waals surface area contributed by atoms with Crippen molar-refractivity contribution < 1.29 is 47.5 Å². The Labute approximate surface area is 201 Å². The molecule has 0 amide bonds. The van der Waals surface area contributed by atoms with Crippen LogP contribution >= 0.6 is 0 Å². The quantitative estimate of drug-likeness (QED) is 0.403. The van der Waals surface area contributed by atoms with Crippen LogP contribution in [0.4, 0.5) is 0 Å². The first kappa shape index (κ1) is 27.3. The zero-order valence-electron chi connectivity index (χ0n) is 21.3. The van der Waals surface area contributed by atoms with Crippen molar-refractivity contribution in [2.24, 2.45) is 0 Å². The zero-order valence-corrected chi connectivity index (χ0v) is 21.3. The van der Waals surface area contributed by atoms with Crippen LogP contribution < -0.4 is 0 Å². The minimum atomic E-state index is -0.919. The van der Waals surface area contributed by atoms with Crippen molar-refractivity contribution in [1.29, 1.82) is 0 Å². The zero-order chi connectivity index (χ0) is 25.0. The summed E-state index contributed by atoms with van der Waals surface area (Å²) in [5.41, 5.74) is 0. The summed E-state index contributed by atoms with van der Waals surface area (Å²) in [5.74, 6) is -3.20. The molecule has 0 aromatic carbocycles. The average molecular weight is 489 g/mol. The van der Waals surface area contributed by atoms with Crippen molar-refractivity contribution in [2.75, 3.05) is 26.4 Å². The summed E-state index contributed by atoms with van der Waals surface area (Å²) in [7, 11) is 0. The maximum absolute atomic E-state index is 11.8. The van der Waals surface area contributed by atoms with E-state index >= 15 is 0 Å². The van der Waals surface area contributed by atoms with Crippen molar-refractivity contribution in [3.63, 3.8) is 0 Å². The molecule has 3 fully saturated rings. The predicted octanol–water partition coefficient (Wildman–Crippen LogP) is 2.85. The molecule has 3 saturated heterocycles. The SMILES string of the molecule is CCOC(=O)CCC1(C)OCC(C2OC(C)(CC)OC2C2COC(C)(CCC(=O)OCC)O2)O1. The predicted molar refractivity (Wildman–Crippen MR) is 119 cm³/mol. The van der Waals surface area contributed by atoms with Gasteiger partial charge in [-0.25, -0.2) is 0 Å². The van der Waals surface area contributed by atoms with Crippen molar-refractivity contribution in [3.05, 3.63) is 0 Å². The molecule has 3 rings (SSSR count). The van der Waals surface area contributed by atoms with Gasteiger partial charge in [0.2, 0.25) is 0 Å². The number of carbonyl (C=O) groups is 2. The smallest absolute Gasteiger partial charge is 0.305 e. The van der Waals surface area contributed by atoms with E-state index in [4.69, 9.17) is 37.9 Å². The number of hydrogen-bond donors (Lipinski definition) is 0. The average Bonchev–Trinajstić information content (AvgIpc) is 3.48. The van der Waals surface area contributed by atoms with Crippen molar-refractivity contribution in [1.82, 2.24) is 0 Å². The first-order chi connectivity index (χ1) is 16.0. The number of esters is 2. The van der Waals surface area contributed by atoms with Gasteiger partial charge in [0.25, 0.3) is 0 Å². The summed E-state index contributed by atoms with van der Waals surface area (Å²) in [4.78, 5) is 23.6. The molecule has 0 saturated carbocycles. The minimum absolute atomic E-state index is 0.202. The minimum Gasteiger partial charge on any atom is -0.466 e. The fourth-order valence-electron chi connectivity index (χ4n) is 4.48. The highest BCUT2D eigenvalue weighted by Crippen LogP contribution is 2.42. The molecule has 0 radical (unpaired) electrons. The maximum Gasteiger partial charge on any atom is 0.305 e. The molecule has 6 unspecified atom stereocenters. The molecule has 0 aliphatic carbocycles.